The summed E-state index contributed by atoms with van der Waals surface area (Å²) in [6, 6.07) is 9.55. The molecular formula is C25H36N2O2. The minimum absolute atomic E-state index is 0.143. The lowest BCUT2D eigenvalue weighted by atomic mass is 9.74. The zero-order valence-corrected chi connectivity index (χ0v) is 18.0. The Morgan fingerprint density at radius 1 is 1.17 bits per heavy atom. The minimum Gasteiger partial charge on any atom is -0.395 e. The first kappa shape index (κ1) is 20.6. The van der Waals surface area contributed by atoms with E-state index in [1.54, 1.807) is 6.92 Å². The van der Waals surface area contributed by atoms with Gasteiger partial charge >= 0.3 is 0 Å². The third kappa shape index (κ3) is 4.44. The van der Waals surface area contributed by atoms with Gasteiger partial charge in [0.05, 0.1) is 6.61 Å². The van der Waals surface area contributed by atoms with Crippen LogP contribution in [0.2, 0.25) is 0 Å². The quantitative estimate of drug-likeness (QED) is 0.721. The van der Waals surface area contributed by atoms with E-state index >= 15 is 0 Å². The van der Waals surface area contributed by atoms with Crippen molar-refractivity contribution in [2.24, 2.45) is 5.92 Å². The van der Waals surface area contributed by atoms with Gasteiger partial charge < -0.3 is 10.0 Å². The van der Waals surface area contributed by atoms with Crippen LogP contribution in [0.5, 0.6) is 0 Å². The molecule has 1 amide bonds. The Kier molecular flexibility index (Phi) is 6.41. The van der Waals surface area contributed by atoms with Crippen molar-refractivity contribution in [1.29, 1.82) is 0 Å². The monoisotopic (exact) mass is 396 g/mol. The standard InChI is InChI=1S/C25H36N2O2/c1-3-26(18(2)29)16-23-25(24(17-28)27(23)15-19-9-10-19)22-13-11-21(12-14-22)20-7-5-4-6-8-20/h7,11-14,19,23-25,28H,3-6,8-10,15-17H2,1-2H3/t23-,24-,25-/m1/s1. The van der Waals surface area contributed by atoms with Gasteiger partial charge in [0.25, 0.3) is 0 Å². The maximum absolute atomic E-state index is 12.1. The number of nitrogens with zero attached hydrogens (tertiary/aromatic N) is 2. The molecule has 3 aliphatic rings. The van der Waals surface area contributed by atoms with Crippen molar-refractivity contribution < 1.29 is 9.90 Å². The first-order chi connectivity index (χ1) is 14.1. The second kappa shape index (κ2) is 9.01. The van der Waals surface area contributed by atoms with Gasteiger partial charge in [-0.3, -0.25) is 9.69 Å². The fourth-order valence-corrected chi connectivity index (χ4v) is 5.29. The fourth-order valence-electron chi connectivity index (χ4n) is 5.29. The van der Waals surface area contributed by atoms with E-state index in [-0.39, 0.29) is 18.6 Å². The highest BCUT2D eigenvalue weighted by Crippen LogP contribution is 2.44. The zero-order chi connectivity index (χ0) is 20.4. The number of aliphatic hydroxyl groups is 1. The molecular weight excluding hydrogens is 360 g/mol. The molecule has 1 saturated heterocycles. The Morgan fingerprint density at radius 2 is 1.93 bits per heavy atom. The van der Waals surface area contributed by atoms with Gasteiger partial charge in [-0.2, -0.15) is 0 Å². The van der Waals surface area contributed by atoms with Crippen LogP contribution in [0.25, 0.3) is 5.57 Å². The van der Waals surface area contributed by atoms with Gasteiger partial charge in [-0.25, -0.2) is 0 Å². The maximum Gasteiger partial charge on any atom is 0.219 e. The zero-order valence-electron chi connectivity index (χ0n) is 18.0. The van der Waals surface area contributed by atoms with Crippen molar-refractivity contribution in [3.63, 3.8) is 0 Å². The topological polar surface area (TPSA) is 43.8 Å². The smallest absolute Gasteiger partial charge is 0.219 e. The lowest BCUT2D eigenvalue weighted by Gasteiger charge is -2.56. The number of carbonyl (C=O) groups excluding carboxylic acids is 1. The van der Waals surface area contributed by atoms with E-state index in [1.807, 2.05) is 4.90 Å². The van der Waals surface area contributed by atoms with Crippen LogP contribution in [0.15, 0.2) is 30.3 Å². The molecule has 0 bridgehead atoms. The van der Waals surface area contributed by atoms with E-state index in [0.717, 1.165) is 25.6 Å². The van der Waals surface area contributed by atoms with Crippen LogP contribution in [0, 0.1) is 5.92 Å². The number of likely N-dealkylation sites (tertiary alicyclic amines) is 1. The predicted octanol–water partition coefficient (Wildman–Crippen LogP) is 4.05. The van der Waals surface area contributed by atoms with Gasteiger partial charge in [0.15, 0.2) is 0 Å². The number of aliphatic hydroxyl groups excluding tert-OH is 1. The van der Waals surface area contributed by atoms with E-state index in [4.69, 9.17) is 0 Å². The summed E-state index contributed by atoms with van der Waals surface area (Å²) in [6.45, 7) is 6.47. The molecule has 4 heteroatoms. The molecule has 2 fully saturated rings. The van der Waals surface area contributed by atoms with E-state index in [0.29, 0.717) is 12.0 Å². The molecule has 1 heterocycles. The Labute approximate surface area is 175 Å². The van der Waals surface area contributed by atoms with E-state index in [1.165, 1.54) is 55.2 Å². The number of benzene rings is 1. The molecule has 0 unspecified atom stereocenters. The van der Waals surface area contributed by atoms with Crippen LogP contribution in [-0.2, 0) is 4.79 Å². The highest BCUT2D eigenvalue weighted by atomic mass is 16.3. The van der Waals surface area contributed by atoms with Gasteiger partial charge in [0.2, 0.25) is 5.91 Å². The van der Waals surface area contributed by atoms with Crippen LogP contribution < -0.4 is 0 Å². The summed E-state index contributed by atoms with van der Waals surface area (Å²) >= 11 is 0. The molecule has 0 aromatic heterocycles. The summed E-state index contributed by atoms with van der Waals surface area (Å²) in [5.74, 6) is 1.21. The molecule has 29 heavy (non-hydrogen) atoms. The van der Waals surface area contributed by atoms with E-state index in [9.17, 15) is 9.90 Å². The molecule has 0 spiro atoms. The number of hydrogen-bond donors (Lipinski definition) is 1. The summed E-state index contributed by atoms with van der Waals surface area (Å²) in [5, 5.41) is 10.2. The largest absolute Gasteiger partial charge is 0.395 e. The summed E-state index contributed by atoms with van der Waals surface area (Å²) in [6.07, 6.45) is 9.99. The summed E-state index contributed by atoms with van der Waals surface area (Å²) in [4.78, 5) is 16.5. The average Bonchev–Trinajstić information content (AvgIpc) is 3.56. The van der Waals surface area contributed by atoms with Crippen molar-refractivity contribution in [2.75, 3.05) is 26.2 Å². The Bertz CT molecular complexity index is 738. The van der Waals surface area contributed by atoms with Gasteiger partial charge in [-0.1, -0.05) is 30.3 Å². The molecule has 0 radical (unpaired) electrons. The molecule has 158 valence electrons. The van der Waals surface area contributed by atoms with Gasteiger partial charge in [-0.15, -0.1) is 0 Å². The fraction of sp³-hybridized carbons (Fsp3) is 0.640. The van der Waals surface area contributed by atoms with Crippen LogP contribution in [0.1, 0.15) is 69.4 Å². The third-order valence-electron chi connectivity index (χ3n) is 7.23. The SMILES string of the molecule is CCN(C[C@@H]1[C@@H](c2ccc(C3=CCCCC3)cc2)[C@@H](CO)N1CC1CC1)C(C)=O. The lowest BCUT2D eigenvalue weighted by Crippen LogP contribution is -2.67. The van der Waals surface area contributed by atoms with E-state index in [2.05, 4.69) is 42.2 Å². The highest BCUT2D eigenvalue weighted by Gasteiger charge is 2.50. The highest BCUT2D eigenvalue weighted by molar-refractivity contribution is 5.73. The maximum atomic E-state index is 12.1. The molecule has 1 aromatic rings. The van der Waals surface area contributed by atoms with Crippen molar-refractivity contribution in [2.45, 2.75) is 70.4 Å². The molecule has 1 N–H and O–H groups in total. The first-order valence-corrected chi connectivity index (χ1v) is 11.5. The Balaban J connectivity index is 1.55. The van der Waals surface area contributed by atoms with Gasteiger partial charge in [0, 0.05) is 44.6 Å². The number of allylic oxidation sites excluding steroid dienone is 2. The van der Waals surface area contributed by atoms with Crippen LogP contribution in [0.3, 0.4) is 0 Å². The van der Waals surface area contributed by atoms with Crippen molar-refractivity contribution >= 4 is 11.5 Å². The Hall–Kier alpha value is -1.65. The third-order valence-corrected chi connectivity index (χ3v) is 7.23. The molecule has 1 saturated carbocycles. The average molecular weight is 397 g/mol. The number of amides is 1. The second-order valence-electron chi connectivity index (χ2n) is 9.14. The summed E-state index contributed by atoms with van der Waals surface area (Å²) in [7, 11) is 0. The molecule has 3 atom stereocenters. The predicted molar refractivity (Wildman–Crippen MR) is 118 cm³/mol. The van der Waals surface area contributed by atoms with Gasteiger partial charge in [-0.05, 0) is 68.1 Å². The lowest BCUT2D eigenvalue weighted by molar-refractivity contribution is -0.132. The normalized spacial score (nSPS) is 27.3. The van der Waals surface area contributed by atoms with Gasteiger partial charge in [0.1, 0.15) is 0 Å². The van der Waals surface area contributed by atoms with Crippen LogP contribution >= 0.6 is 0 Å². The Morgan fingerprint density at radius 3 is 2.48 bits per heavy atom. The van der Waals surface area contributed by atoms with Crippen molar-refractivity contribution in [1.82, 2.24) is 9.80 Å². The van der Waals surface area contributed by atoms with Crippen molar-refractivity contribution in [3.8, 4) is 0 Å². The molecule has 4 rings (SSSR count). The summed E-state index contributed by atoms with van der Waals surface area (Å²) in [5.41, 5.74) is 4.13. The second-order valence-corrected chi connectivity index (χ2v) is 9.14. The molecule has 1 aromatic carbocycles. The molecule has 2 aliphatic carbocycles. The first-order valence-electron chi connectivity index (χ1n) is 11.5. The summed E-state index contributed by atoms with van der Waals surface area (Å²) < 4.78 is 0. The number of rotatable bonds is 8. The number of likely N-dealkylation sites (N-methyl/N-ethyl adjacent to an activating group) is 1. The number of hydrogen-bond acceptors (Lipinski definition) is 3. The number of carbonyl (C=O) groups is 1. The minimum atomic E-state index is 0.143. The van der Waals surface area contributed by atoms with Crippen LogP contribution in [-0.4, -0.2) is 59.1 Å². The molecule has 1 aliphatic heterocycles. The molecule has 4 nitrogen and oxygen atoms in total. The van der Waals surface area contributed by atoms with E-state index < -0.39 is 0 Å². The van der Waals surface area contributed by atoms with Crippen LogP contribution in [0.4, 0.5) is 0 Å². The van der Waals surface area contributed by atoms with Crippen molar-refractivity contribution in [3.05, 3.63) is 41.5 Å².